The lowest BCUT2D eigenvalue weighted by atomic mass is 10.1. The van der Waals surface area contributed by atoms with E-state index in [9.17, 15) is 30.8 Å². The Kier molecular flexibility index (Phi) is 6.87. The minimum Gasteiger partial charge on any atom is -0.480 e. The number of hydrogen-bond acceptors (Lipinski definition) is 7. The van der Waals surface area contributed by atoms with Gasteiger partial charge in [0.25, 0.3) is 15.6 Å². The van der Waals surface area contributed by atoms with Gasteiger partial charge in [0.2, 0.25) is 11.8 Å². The normalized spacial score (nSPS) is 11.9. The third kappa shape index (κ3) is 5.16. The number of benzene rings is 3. The van der Waals surface area contributed by atoms with Crippen LogP contribution in [-0.2, 0) is 16.2 Å². The van der Waals surface area contributed by atoms with E-state index in [2.05, 4.69) is 14.7 Å². The van der Waals surface area contributed by atoms with Gasteiger partial charge in [-0.2, -0.15) is 13.2 Å². The SMILES string of the molecule is COc1ncc(-c2ccc3nc(N)n(-c4ccccc4C(F)(F)F)c(=O)c3c2)cc1S(=O)(=O)Nc1ccccc1F. The molecule has 2 heterocycles. The van der Waals surface area contributed by atoms with Crippen LogP contribution in [0.1, 0.15) is 5.56 Å². The van der Waals surface area contributed by atoms with Crippen molar-refractivity contribution >= 4 is 32.6 Å². The van der Waals surface area contributed by atoms with Crippen LogP contribution < -0.4 is 20.8 Å². The van der Waals surface area contributed by atoms with Crippen molar-refractivity contribution in [1.29, 1.82) is 0 Å². The van der Waals surface area contributed by atoms with Crippen LogP contribution in [-0.4, -0.2) is 30.1 Å². The quantitative estimate of drug-likeness (QED) is 0.269. The number of hydrogen-bond donors (Lipinski definition) is 2. The number of halogens is 4. The lowest BCUT2D eigenvalue weighted by Gasteiger charge is -2.16. The fraction of sp³-hybridized carbons (Fsp3) is 0.0741. The Morgan fingerprint density at radius 1 is 0.976 bits per heavy atom. The zero-order valence-corrected chi connectivity index (χ0v) is 21.8. The highest BCUT2D eigenvalue weighted by Crippen LogP contribution is 2.35. The van der Waals surface area contributed by atoms with Gasteiger partial charge >= 0.3 is 6.18 Å². The third-order valence-corrected chi connectivity index (χ3v) is 7.46. The first-order chi connectivity index (χ1) is 19.4. The van der Waals surface area contributed by atoms with Crippen LogP contribution >= 0.6 is 0 Å². The minimum absolute atomic E-state index is 0.0848. The second kappa shape index (κ2) is 10.2. The molecule has 0 saturated heterocycles. The highest BCUT2D eigenvalue weighted by atomic mass is 32.2. The van der Waals surface area contributed by atoms with Crippen LogP contribution in [0.5, 0.6) is 5.88 Å². The summed E-state index contributed by atoms with van der Waals surface area (Å²) in [4.78, 5) is 21.2. The number of rotatable bonds is 6. The summed E-state index contributed by atoms with van der Waals surface area (Å²) in [6.45, 7) is 0. The maximum absolute atomic E-state index is 14.1. The molecule has 14 heteroatoms. The standard InChI is InChI=1S/C27H19F4N5O4S/c1-40-24-23(41(38,39)35-21-8-4-3-7-19(21)28)13-16(14-33-24)15-10-11-20-17(12-15)25(37)36(26(32)34-20)22-9-5-2-6-18(22)27(29,30)31/h2-14,35H,1H3,(H2,32,34). The number of nitrogens with two attached hydrogens (primary N) is 1. The lowest BCUT2D eigenvalue weighted by molar-refractivity contribution is -0.137. The van der Waals surface area contributed by atoms with Crippen molar-refractivity contribution < 1.29 is 30.7 Å². The number of ether oxygens (including phenoxy) is 1. The predicted molar refractivity (Wildman–Crippen MR) is 144 cm³/mol. The Balaban J connectivity index is 1.65. The summed E-state index contributed by atoms with van der Waals surface area (Å²) in [6.07, 6.45) is -3.49. The van der Waals surface area contributed by atoms with Crippen LogP contribution in [0, 0.1) is 5.82 Å². The molecule has 0 saturated carbocycles. The first kappa shape index (κ1) is 27.6. The molecule has 0 radical (unpaired) electrons. The van der Waals surface area contributed by atoms with Gasteiger partial charge in [-0.15, -0.1) is 0 Å². The number of pyridine rings is 1. The van der Waals surface area contributed by atoms with E-state index in [1.807, 2.05) is 0 Å². The predicted octanol–water partition coefficient (Wildman–Crippen LogP) is 5.00. The smallest absolute Gasteiger partial charge is 0.418 e. The Morgan fingerprint density at radius 2 is 1.68 bits per heavy atom. The van der Waals surface area contributed by atoms with Gasteiger partial charge in [-0.25, -0.2) is 27.3 Å². The molecule has 2 aromatic heterocycles. The number of methoxy groups -OCH3 is 1. The van der Waals surface area contributed by atoms with Crippen molar-refractivity contribution in [2.75, 3.05) is 17.6 Å². The fourth-order valence-corrected chi connectivity index (χ4v) is 5.42. The van der Waals surface area contributed by atoms with E-state index in [0.29, 0.717) is 4.57 Å². The summed E-state index contributed by atoms with van der Waals surface area (Å²) in [6, 6.07) is 15.1. The summed E-state index contributed by atoms with van der Waals surface area (Å²) in [5, 5.41) is -0.0848. The third-order valence-electron chi connectivity index (χ3n) is 6.10. The number of para-hydroxylation sites is 2. The molecule has 0 amide bonds. The van der Waals surface area contributed by atoms with Crippen molar-refractivity contribution in [3.63, 3.8) is 0 Å². The van der Waals surface area contributed by atoms with E-state index in [4.69, 9.17) is 10.5 Å². The monoisotopic (exact) mass is 585 g/mol. The van der Waals surface area contributed by atoms with Crippen LogP contribution in [0.25, 0.3) is 27.7 Å². The van der Waals surface area contributed by atoms with Gasteiger partial charge in [-0.1, -0.05) is 30.3 Å². The van der Waals surface area contributed by atoms with Gasteiger partial charge < -0.3 is 10.5 Å². The Morgan fingerprint density at radius 3 is 2.39 bits per heavy atom. The maximum atomic E-state index is 14.1. The Bertz CT molecular complexity index is 1980. The zero-order chi connectivity index (χ0) is 29.5. The molecule has 0 aliphatic rings. The second-order valence-corrected chi connectivity index (χ2v) is 10.3. The summed E-state index contributed by atoms with van der Waals surface area (Å²) in [5.74, 6) is -1.53. The van der Waals surface area contributed by atoms with Gasteiger partial charge in [-0.05, 0) is 48.0 Å². The summed E-state index contributed by atoms with van der Waals surface area (Å²) >= 11 is 0. The summed E-state index contributed by atoms with van der Waals surface area (Å²) in [7, 11) is -3.20. The van der Waals surface area contributed by atoms with Gasteiger partial charge in [0, 0.05) is 11.8 Å². The number of aromatic nitrogens is 3. The van der Waals surface area contributed by atoms with Crippen molar-refractivity contribution in [2.45, 2.75) is 11.1 Å². The highest BCUT2D eigenvalue weighted by Gasteiger charge is 2.34. The van der Waals surface area contributed by atoms with Crippen molar-refractivity contribution in [3.8, 4) is 22.7 Å². The molecule has 0 aliphatic carbocycles. The number of alkyl halides is 3. The number of fused-ring (bicyclic) bond motifs is 1. The Labute approximate surface area is 229 Å². The molecule has 0 atom stereocenters. The largest absolute Gasteiger partial charge is 0.480 e. The lowest BCUT2D eigenvalue weighted by Crippen LogP contribution is -2.25. The molecule has 3 aromatic carbocycles. The second-order valence-electron chi connectivity index (χ2n) is 8.67. The molecule has 3 N–H and O–H groups in total. The molecule has 0 aliphatic heterocycles. The molecular weight excluding hydrogens is 566 g/mol. The Hall–Kier alpha value is -4.98. The topological polar surface area (TPSA) is 129 Å². The molecule has 9 nitrogen and oxygen atoms in total. The molecular formula is C27H19F4N5O4S. The number of anilines is 2. The fourth-order valence-electron chi connectivity index (χ4n) is 4.20. The molecule has 0 bridgehead atoms. The average molecular weight is 586 g/mol. The number of nitrogens with one attached hydrogen (secondary N) is 1. The molecule has 210 valence electrons. The molecule has 0 unspecified atom stereocenters. The van der Waals surface area contributed by atoms with Gasteiger partial charge in [0.1, 0.15) is 10.7 Å². The van der Waals surface area contributed by atoms with Crippen LogP contribution in [0.4, 0.5) is 29.2 Å². The summed E-state index contributed by atoms with van der Waals surface area (Å²) in [5.41, 5.74) is 3.76. The molecule has 5 aromatic rings. The van der Waals surface area contributed by atoms with Crippen LogP contribution in [0.2, 0.25) is 0 Å². The minimum atomic E-state index is -4.77. The van der Waals surface area contributed by atoms with E-state index in [1.54, 1.807) is 0 Å². The average Bonchev–Trinajstić information content (AvgIpc) is 2.93. The van der Waals surface area contributed by atoms with Crippen LogP contribution in [0.15, 0.2) is 88.7 Å². The highest BCUT2D eigenvalue weighted by molar-refractivity contribution is 7.92. The first-order valence-corrected chi connectivity index (χ1v) is 13.2. The first-order valence-electron chi connectivity index (χ1n) is 11.7. The van der Waals surface area contributed by atoms with E-state index >= 15 is 0 Å². The van der Waals surface area contributed by atoms with E-state index < -0.39 is 49.7 Å². The zero-order valence-electron chi connectivity index (χ0n) is 21.0. The van der Waals surface area contributed by atoms with Gasteiger partial charge in [0.05, 0.1) is 35.0 Å². The molecule has 41 heavy (non-hydrogen) atoms. The molecule has 0 fully saturated rings. The summed E-state index contributed by atoms with van der Waals surface area (Å²) < 4.78 is 89.4. The van der Waals surface area contributed by atoms with Crippen molar-refractivity contribution in [3.05, 3.63) is 101 Å². The number of nitrogens with zero attached hydrogens (tertiary/aromatic N) is 3. The number of sulfonamides is 1. The molecule has 5 rings (SSSR count). The van der Waals surface area contributed by atoms with E-state index in [1.165, 1.54) is 67.9 Å². The van der Waals surface area contributed by atoms with Gasteiger partial charge in [-0.3, -0.25) is 9.52 Å². The van der Waals surface area contributed by atoms with Gasteiger partial charge in [0.15, 0.2) is 0 Å². The van der Waals surface area contributed by atoms with E-state index in [-0.39, 0.29) is 33.6 Å². The maximum Gasteiger partial charge on any atom is 0.418 e. The van der Waals surface area contributed by atoms with E-state index in [0.717, 1.165) is 18.2 Å². The number of nitrogen functional groups attached to an aromatic ring is 1. The van der Waals surface area contributed by atoms with Crippen molar-refractivity contribution in [2.24, 2.45) is 0 Å². The van der Waals surface area contributed by atoms with Crippen molar-refractivity contribution in [1.82, 2.24) is 14.5 Å². The molecule has 0 spiro atoms. The van der Waals surface area contributed by atoms with Crippen LogP contribution in [0.3, 0.4) is 0 Å².